The van der Waals surface area contributed by atoms with Crippen LogP contribution in [-0.4, -0.2) is 43.0 Å². The van der Waals surface area contributed by atoms with E-state index >= 15 is 0 Å². The van der Waals surface area contributed by atoms with Crippen molar-refractivity contribution in [2.45, 2.75) is 57.0 Å². The molecule has 2 heterocycles. The molecule has 2 aliphatic heterocycles. The lowest BCUT2D eigenvalue weighted by Crippen LogP contribution is -2.46. The molecule has 0 bridgehead atoms. The van der Waals surface area contributed by atoms with Crippen LogP contribution in [0.5, 0.6) is 5.75 Å². The number of piperidine rings is 1. The minimum atomic E-state index is -1.28. The molecule has 0 spiro atoms. The maximum absolute atomic E-state index is 14.7. The van der Waals surface area contributed by atoms with Crippen LogP contribution in [0.2, 0.25) is 0 Å². The summed E-state index contributed by atoms with van der Waals surface area (Å²) >= 11 is 0. The average molecular weight is 439 g/mol. The lowest BCUT2D eigenvalue weighted by atomic mass is 9.96. The van der Waals surface area contributed by atoms with Crippen LogP contribution in [0.15, 0.2) is 48.5 Å². The number of carbonyl (C=O) groups excluding carboxylic acids is 1. The van der Waals surface area contributed by atoms with E-state index in [2.05, 4.69) is 23.5 Å². The zero-order valence-electron chi connectivity index (χ0n) is 18.3. The first-order valence-electron chi connectivity index (χ1n) is 11.8. The molecular weight excluding hydrogens is 407 g/mol. The average Bonchev–Trinajstić information content (AvgIpc) is 3.61. The number of nitrogens with zero attached hydrogens (tertiary/aromatic N) is 1. The number of nitrogens with one attached hydrogen (secondary N) is 1. The smallest absolute Gasteiger partial charge is 0.412 e. The van der Waals surface area contributed by atoms with E-state index in [4.69, 9.17) is 9.47 Å². The van der Waals surface area contributed by atoms with Gasteiger partial charge in [0.15, 0.2) is 6.30 Å². The highest BCUT2D eigenvalue weighted by Crippen LogP contribution is 2.43. The first-order chi connectivity index (χ1) is 15.7. The van der Waals surface area contributed by atoms with Gasteiger partial charge in [-0.3, -0.25) is 4.90 Å². The fourth-order valence-corrected chi connectivity index (χ4v) is 4.89. The Kier molecular flexibility index (Phi) is 6.30. The molecule has 2 fully saturated rings. The molecule has 4 atom stereocenters. The number of aryl methyl sites for hydroxylation is 1. The summed E-state index contributed by atoms with van der Waals surface area (Å²) in [4.78, 5) is 13.5. The number of ether oxygens (including phenoxy) is 2. The van der Waals surface area contributed by atoms with Crippen LogP contribution in [-0.2, 0) is 17.8 Å². The normalized spacial score (nSPS) is 26.7. The van der Waals surface area contributed by atoms with Gasteiger partial charge < -0.3 is 14.8 Å². The summed E-state index contributed by atoms with van der Waals surface area (Å²) in [6.45, 7) is 2.19. The predicted molar refractivity (Wildman–Crippen MR) is 120 cm³/mol. The number of benzene rings is 2. The van der Waals surface area contributed by atoms with Gasteiger partial charge in [0, 0.05) is 24.9 Å². The lowest BCUT2D eigenvalue weighted by molar-refractivity contribution is 0.00934. The molecule has 6 heteroatoms. The Morgan fingerprint density at radius 3 is 2.91 bits per heavy atom. The molecule has 1 aliphatic carbocycles. The second-order valence-electron chi connectivity index (χ2n) is 9.23. The van der Waals surface area contributed by atoms with Crippen LogP contribution in [0.3, 0.4) is 0 Å². The predicted octanol–water partition coefficient (Wildman–Crippen LogP) is 4.80. The van der Waals surface area contributed by atoms with Gasteiger partial charge in [-0.15, -0.1) is 0 Å². The molecule has 170 valence electrons. The molecule has 5 rings (SSSR count). The van der Waals surface area contributed by atoms with Gasteiger partial charge >= 0.3 is 6.09 Å². The number of hydrogen-bond donors (Lipinski definition) is 1. The van der Waals surface area contributed by atoms with Gasteiger partial charge in [-0.05, 0) is 60.9 Å². The van der Waals surface area contributed by atoms with E-state index in [9.17, 15) is 9.18 Å². The van der Waals surface area contributed by atoms with Crippen LogP contribution in [0, 0.1) is 5.92 Å². The Labute approximate surface area is 188 Å². The van der Waals surface area contributed by atoms with Gasteiger partial charge in [0.25, 0.3) is 0 Å². The molecule has 5 nitrogen and oxygen atoms in total. The van der Waals surface area contributed by atoms with Crippen LogP contribution in [0.1, 0.15) is 48.3 Å². The SMILES string of the molecule is O=C(OCc1ccccc1)N1CCC(CN[C@@H]2C[C@H]2c2ccc3c(c2)CCCO3)CC1F. The third kappa shape index (κ3) is 4.90. The molecule has 0 aromatic heterocycles. The maximum atomic E-state index is 14.7. The highest BCUT2D eigenvalue weighted by molar-refractivity contribution is 5.68. The van der Waals surface area contributed by atoms with E-state index in [1.165, 1.54) is 16.0 Å². The third-order valence-electron chi connectivity index (χ3n) is 6.90. The molecule has 3 aliphatic rings. The van der Waals surface area contributed by atoms with Gasteiger partial charge in [0.1, 0.15) is 12.4 Å². The summed E-state index contributed by atoms with van der Waals surface area (Å²) in [5, 5.41) is 3.63. The summed E-state index contributed by atoms with van der Waals surface area (Å²) in [6.07, 6.45) is 2.62. The van der Waals surface area contributed by atoms with E-state index < -0.39 is 12.4 Å². The zero-order chi connectivity index (χ0) is 21.9. The van der Waals surface area contributed by atoms with Crippen molar-refractivity contribution in [1.82, 2.24) is 10.2 Å². The Balaban J connectivity index is 1.05. The molecule has 0 radical (unpaired) electrons. The van der Waals surface area contributed by atoms with E-state index in [0.29, 0.717) is 24.9 Å². The molecule has 2 aromatic carbocycles. The van der Waals surface area contributed by atoms with Gasteiger partial charge in [0.05, 0.1) is 6.61 Å². The van der Waals surface area contributed by atoms with Crippen molar-refractivity contribution in [2.24, 2.45) is 5.92 Å². The molecule has 1 amide bonds. The number of likely N-dealkylation sites (tertiary alicyclic amines) is 1. The van der Waals surface area contributed by atoms with Gasteiger partial charge in [-0.1, -0.05) is 42.5 Å². The molecular formula is C26H31FN2O3. The van der Waals surface area contributed by atoms with Gasteiger partial charge in [-0.25, -0.2) is 9.18 Å². The highest BCUT2D eigenvalue weighted by Gasteiger charge is 2.39. The topological polar surface area (TPSA) is 50.8 Å². The largest absolute Gasteiger partial charge is 0.493 e. The van der Waals surface area contributed by atoms with Crippen LogP contribution >= 0.6 is 0 Å². The Bertz CT molecular complexity index is 938. The molecule has 32 heavy (non-hydrogen) atoms. The molecule has 2 unspecified atom stereocenters. The van der Waals surface area contributed by atoms with Crippen molar-refractivity contribution < 1.29 is 18.7 Å². The molecule has 1 saturated carbocycles. The third-order valence-corrected chi connectivity index (χ3v) is 6.90. The number of rotatable bonds is 6. The molecule has 1 N–H and O–H groups in total. The van der Waals surface area contributed by atoms with E-state index in [0.717, 1.165) is 50.1 Å². The van der Waals surface area contributed by atoms with E-state index in [1.54, 1.807) is 0 Å². The van der Waals surface area contributed by atoms with Gasteiger partial charge in [0.2, 0.25) is 0 Å². The lowest BCUT2D eigenvalue weighted by Gasteiger charge is -2.34. The molecule has 2 aromatic rings. The monoisotopic (exact) mass is 438 g/mol. The maximum Gasteiger partial charge on any atom is 0.412 e. The second kappa shape index (κ2) is 9.49. The van der Waals surface area contributed by atoms with Crippen molar-refractivity contribution in [3.8, 4) is 5.75 Å². The summed E-state index contributed by atoms with van der Waals surface area (Å²) in [5.41, 5.74) is 3.61. The van der Waals surface area contributed by atoms with Crippen LogP contribution in [0.25, 0.3) is 0 Å². The van der Waals surface area contributed by atoms with Crippen molar-refractivity contribution in [2.75, 3.05) is 19.7 Å². The van der Waals surface area contributed by atoms with Crippen molar-refractivity contribution in [3.05, 3.63) is 65.2 Å². The van der Waals surface area contributed by atoms with E-state index in [1.807, 2.05) is 30.3 Å². The number of fused-ring (bicyclic) bond motifs is 1. The number of halogens is 1. The fraction of sp³-hybridized carbons (Fsp3) is 0.500. The van der Waals surface area contributed by atoms with E-state index in [-0.39, 0.29) is 12.5 Å². The first kappa shape index (κ1) is 21.3. The summed E-state index contributed by atoms with van der Waals surface area (Å²) < 4.78 is 25.7. The highest BCUT2D eigenvalue weighted by atomic mass is 19.1. The van der Waals surface area contributed by atoms with Crippen molar-refractivity contribution in [3.63, 3.8) is 0 Å². The Morgan fingerprint density at radius 1 is 1.19 bits per heavy atom. The Morgan fingerprint density at radius 2 is 2.06 bits per heavy atom. The quantitative estimate of drug-likeness (QED) is 0.658. The van der Waals surface area contributed by atoms with Gasteiger partial charge in [-0.2, -0.15) is 0 Å². The molecule has 1 saturated heterocycles. The summed E-state index contributed by atoms with van der Waals surface area (Å²) in [6, 6.07) is 16.5. The minimum Gasteiger partial charge on any atom is -0.493 e. The number of amides is 1. The fourth-order valence-electron chi connectivity index (χ4n) is 4.89. The minimum absolute atomic E-state index is 0.172. The van der Waals surface area contributed by atoms with Crippen molar-refractivity contribution in [1.29, 1.82) is 0 Å². The van der Waals surface area contributed by atoms with Crippen LogP contribution in [0.4, 0.5) is 9.18 Å². The van der Waals surface area contributed by atoms with Crippen LogP contribution < -0.4 is 10.1 Å². The summed E-state index contributed by atoms with van der Waals surface area (Å²) in [7, 11) is 0. The van der Waals surface area contributed by atoms with Crippen molar-refractivity contribution >= 4 is 6.09 Å². The Hall–Kier alpha value is -2.60. The summed E-state index contributed by atoms with van der Waals surface area (Å²) in [5.74, 6) is 1.81. The standard InChI is InChI=1S/C26H31FN2O3/c27-25-13-19(10-11-29(25)26(30)32-17-18-5-2-1-3-6-18)16-28-23-15-22(23)20-8-9-24-21(14-20)7-4-12-31-24/h1-3,5-6,8-9,14,19,22-23,25,28H,4,7,10-13,15-17H2/t19?,22-,23+,25?/m0/s1. The second-order valence-corrected chi connectivity index (χ2v) is 9.23. The first-order valence-corrected chi connectivity index (χ1v) is 11.8. The number of hydrogen-bond acceptors (Lipinski definition) is 4. The zero-order valence-corrected chi connectivity index (χ0v) is 18.3. The number of carbonyl (C=O) groups is 1. The number of alkyl halides is 1.